The van der Waals surface area contributed by atoms with Crippen molar-refractivity contribution in [2.45, 2.75) is 52.2 Å². The van der Waals surface area contributed by atoms with Crippen LogP contribution in [0.2, 0.25) is 0 Å². The van der Waals surface area contributed by atoms with Gasteiger partial charge < -0.3 is 5.32 Å². The third-order valence-corrected chi connectivity index (χ3v) is 4.48. The highest BCUT2D eigenvalue weighted by molar-refractivity contribution is 5.87. The minimum atomic E-state index is 0.457. The molecule has 1 fully saturated rings. The first-order valence-electron chi connectivity index (χ1n) is 8.39. The summed E-state index contributed by atoms with van der Waals surface area (Å²) in [5.74, 6) is 0.457. The first-order chi connectivity index (χ1) is 10.5. The first kappa shape index (κ1) is 15.4. The Balaban J connectivity index is 1.93. The first-order valence-corrected chi connectivity index (χ1v) is 8.39. The Labute approximate surface area is 133 Å². The summed E-state index contributed by atoms with van der Waals surface area (Å²) in [6.45, 7) is 12.2. The third-order valence-electron chi connectivity index (χ3n) is 4.48. The van der Waals surface area contributed by atoms with Gasteiger partial charge in [-0.3, -0.25) is 9.88 Å². The second-order valence-corrected chi connectivity index (χ2v) is 7.03. The highest BCUT2D eigenvalue weighted by Gasteiger charge is 2.21. The van der Waals surface area contributed by atoms with Gasteiger partial charge in [-0.05, 0) is 30.7 Å². The van der Waals surface area contributed by atoms with Gasteiger partial charge in [0.15, 0.2) is 0 Å². The van der Waals surface area contributed by atoms with Crippen molar-refractivity contribution in [3.8, 4) is 0 Å². The lowest BCUT2D eigenvalue weighted by Gasteiger charge is -2.36. The molecule has 2 atom stereocenters. The normalized spacial score (nSPS) is 23.3. The van der Waals surface area contributed by atoms with E-state index < -0.39 is 0 Å². The summed E-state index contributed by atoms with van der Waals surface area (Å²) in [5, 5.41) is 6.27. The number of hydrogen-bond donors (Lipinski definition) is 1. The van der Waals surface area contributed by atoms with E-state index in [1.54, 1.807) is 0 Å². The third kappa shape index (κ3) is 3.16. The zero-order valence-corrected chi connectivity index (χ0v) is 14.1. The van der Waals surface area contributed by atoms with Gasteiger partial charge in [0.2, 0.25) is 0 Å². The maximum Gasteiger partial charge on any atom is 0.0507 e. The molecule has 1 aliphatic rings. The van der Waals surface area contributed by atoms with Gasteiger partial charge in [-0.1, -0.05) is 38.1 Å². The highest BCUT2D eigenvalue weighted by atomic mass is 15.2. The molecule has 0 saturated carbocycles. The molecule has 0 radical (unpaired) electrons. The van der Waals surface area contributed by atoms with E-state index in [4.69, 9.17) is 4.98 Å². The highest BCUT2D eigenvalue weighted by Crippen LogP contribution is 2.27. The SMILES string of the molecule is CC1CN(Cc2cnc(C(C)C)c3ccccc23)CC(C)N1. The van der Waals surface area contributed by atoms with Crippen LogP contribution >= 0.6 is 0 Å². The maximum absolute atomic E-state index is 4.77. The van der Waals surface area contributed by atoms with Crippen molar-refractivity contribution in [2.24, 2.45) is 0 Å². The van der Waals surface area contributed by atoms with Crippen LogP contribution in [-0.4, -0.2) is 35.1 Å². The summed E-state index contributed by atoms with van der Waals surface area (Å²) in [4.78, 5) is 7.31. The van der Waals surface area contributed by atoms with E-state index in [1.165, 1.54) is 22.0 Å². The number of hydrogen-bond acceptors (Lipinski definition) is 3. The molecule has 2 unspecified atom stereocenters. The molecule has 1 aromatic heterocycles. The second kappa shape index (κ2) is 6.35. The van der Waals surface area contributed by atoms with E-state index in [0.29, 0.717) is 18.0 Å². The van der Waals surface area contributed by atoms with E-state index in [-0.39, 0.29) is 0 Å². The average molecular weight is 297 g/mol. The van der Waals surface area contributed by atoms with Crippen LogP contribution in [0.15, 0.2) is 30.5 Å². The molecule has 1 aromatic carbocycles. The van der Waals surface area contributed by atoms with Crippen molar-refractivity contribution in [3.05, 3.63) is 41.7 Å². The second-order valence-electron chi connectivity index (χ2n) is 7.03. The number of pyridine rings is 1. The molecule has 3 heteroatoms. The van der Waals surface area contributed by atoms with Crippen LogP contribution in [-0.2, 0) is 6.54 Å². The molecular formula is C19H27N3. The zero-order chi connectivity index (χ0) is 15.7. The summed E-state index contributed by atoms with van der Waals surface area (Å²) >= 11 is 0. The van der Waals surface area contributed by atoms with Crippen LogP contribution in [0.4, 0.5) is 0 Å². The van der Waals surface area contributed by atoms with Gasteiger partial charge in [-0.25, -0.2) is 0 Å². The molecule has 22 heavy (non-hydrogen) atoms. The zero-order valence-electron chi connectivity index (χ0n) is 14.1. The van der Waals surface area contributed by atoms with Gasteiger partial charge in [0, 0.05) is 43.3 Å². The van der Waals surface area contributed by atoms with Crippen molar-refractivity contribution >= 4 is 10.8 Å². The number of aromatic nitrogens is 1. The van der Waals surface area contributed by atoms with E-state index >= 15 is 0 Å². The fourth-order valence-corrected chi connectivity index (χ4v) is 3.67. The summed E-state index contributed by atoms with van der Waals surface area (Å²) < 4.78 is 0. The predicted octanol–water partition coefficient (Wildman–Crippen LogP) is 3.54. The van der Waals surface area contributed by atoms with Crippen molar-refractivity contribution < 1.29 is 0 Å². The van der Waals surface area contributed by atoms with Gasteiger partial charge >= 0.3 is 0 Å². The van der Waals surface area contributed by atoms with Crippen LogP contribution in [0.1, 0.15) is 44.9 Å². The Bertz CT molecular complexity index is 640. The molecule has 3 rings (SSSR count). The van der Waals surface area contributed by atoms with Gasteiger partial charge in [0.05, 0.1) is 5.69 Å². The molecule has 0 aliphatic carbocycles. The van der Waals surface area contributed by atoms with Gasteiger partial charge in [-0.2, -0.15) is 0 Å². The van der Waals surface area contributed by atoms with Crippen molar-refractivity contribution in [1.29, 1.82) is 0 Å². The molecule has 1 saturated heterocycles. The summed E-state index contributed by atoms with van der Waals surface area (Å²) in [6.07, 6.45) is 2.09. The van der Waals surface area contributed by atoms with Crippen LogP contribution in [0.3, 0.4) is 0 Å². The van der Waals surface area contributed by atoms with Gasteiger partial charge in [0.25, 0.3) is 0 Å². The molecule has 2 aromatic rings. The smallest absolute Gasteiger partial charge is 0.0507 e. The number of nitrogens with zero attached hydrogens (tertiary/aromatic N) is 2. The Morgan fingerprint density at radius 3 is 2.41 bits per heavy atom. The van der Waals surface area contributed by atoms with Gasteiger partial charge in [0.1, 0.15) is 0 Å². The quantitative estimate of drug-likeness (QED) is 0.939. The number of nitrogens with one attached hydrogen (secondary N) is 1. The topological polar surface area (TPSA) is 28.2 Å². The predicted molar refractivity (Wildman–Crippen MR) is 93.2 cm³/mol. The van der Waals surface area contributed by atoms with E-state index in [2.05, 4.69) is 68.4 Å². The van der Waals surface area contributed by atoms with Crippen molar-refractivity contribution in [3.63, 3.8) is 0 Å². The molecule has 0 spiro atoms. The Hall–Kier alpha value is -1.45. The molecule has 1 N–H and O–H groups in total. The molecular weight excluding hydrogens is 270 g/mol. The van der Waals surface area contributed by atoms with Crippen LogP contribution in [0.5, 0.6) is 0 Å². The Morgan fingerprint density at radius 1 is 1.14 bits per heavy atom. The van der Waals surface area contributed by atoms with Crippen LogP contribution < -0.4 is 5.32 Å². The fraction of sp³-hybridized carbons (Fsp3) is 0.526. The molecule has 2 heterocycles. The standard InChI is InChI=1S/C19H27N3/c1-13(2)19-18-8-6-5-7-17(18)16(9-20-19)12-22-10-14(3)21-15(4)11-22/h5-9,13-15,21H,10-12H2,1-4H3. The van der Waals surface area contributed by atoms with Crippen LogP contribution in [0.25, 0.3) is 10.8 Å². The Morgan fingerprint density at radius 2 is 1.77 bits per heavy atom. The summed E-state index contributed by atoms with van der Waals surface area (Å²) in [7, 11) is 0. The molecule has 1 aliphatic heterocycles. The lowest BCUT2D eigenvalue weighted by molar-refractivity contribution is 0.167. The minimum Gasteiger partial charge on any atom is -0.309 e. The number of piperazine rings is 1. The summed E-state index contributed by atoms with van der Waals surface area (Å²) in [5.41, 5.74) is 2.56. The van der Waals surface area contributed by atoms with Crippen LogP contribution in [0, 0.1) is 0 Å². The average Bonchev–Trinajstić information content (AvgIpc) is 2.46. The lowest BCUT2D eigenvalue weighted by atomic mass is 9.99. The monoisotopic (exact) mass is 297 g/mol. The molecule has 118 valence electrons. The maximum atomic E-state index is 4.77. The van der Waals surface area contributed by atoms with Gasteiger partial charge in [-0.15, -0.1) is 0 Å². The summed E-state index contributed by atoms with van der Waals surface area (Å²) in [6, 6.07) is 9.82. The largest absolute Gasteiger partial charge is 0.309 e. The Kier molecular flexibility index (Phi) is 4.46. The molecule has 0 bridgehead atoms. The van der Waals surface area contributed by atoms with E-state index in [0.717, 1.165) is 19.6 Å². The number of rotatable bonds is 3. The number of benzene rings is 1. The number of fused-ring (bicyclic) bond motifs is 1. The van der Waals surface area contributed by atoms with E-state index in [1.807, 2.05) is 0 Å². The van der Waals surface area contributed by atoms with Crippen molar-refractivity contribution in [1.82, 2.24) is 15.2 Å². The fourth-order valence-electron chi connectivity index (χ4n) is 3.67. The lowest BCUT2D eigenvalue weighted by Crippen LogP contribution is -2.53. The van der Waals surface area contributed by atoms with Crippen molar-refractivity contribution in [2.75, 3.05) is 13.1 Å². The minimum absolute atomic E-state index is 0.457. The molecule has 0 amide bonds. The molecule has 3 nitrogen and oxygen atoms in total. The van der Waals surface area contributed by atoms with E-state index in [9.17, 15) is 0 Å².